The number of methoxy groups -OCH3 is 1. The molecule has 0 spiro atoms. The van der Waals surface area contributed by atoms with Crippen molar-refractivity contribution in [3.8, 4) is 11.5 Å². The quantitative estimate of drug-likeness (QED) is 0.536. The van der Waals surface area contributed by atoms with Gasteiger partial charge in [0.15, 0.2) is 0 Å². The fraction of sp³-hybridized carbons (Fsp3) is 0.417. The van der Waals surface area contributed by atoms with Crippen LogP contribution in [0.2, 0.25) is 0 Å². The largest absolute Gasteiger partial charge is 0.497 e. The van der Waals surface area contributed by atoms with E-state index < -0.39 is 0 Å². The van der Waals surface area contributed by atoms with Gasteiger partial charge in [0.1, 0.15) is 23.1 Å². The standard InChI is InChI=1S/C12H17NO4S/c1-15-10-6-9(12(13)18)7-11(8-10)17-5-4-16-3-2-14/h6-8,14H,2-5H2,1H3,(H2,13,18). The summed E-state index contributed by atoms with van der Waals surface area (Å²) in [7, 11) is 1.56. The topological polar surface area (TPSA) is 73.9 Å². The molecule has 100 valence electrons. The average Bonchev–Trinajstić information content (AvgIpc) is 2.38. The summed E-state index contributed by atoms with van der Waals surface area (Å²) >= 11 is 4.91. The Morgan fingerprint density at radius 1 is 1.22 bits per heavy atom. The first-order valence-electron chi connectivity index (χ1n) is 5.47. The molecule has 1 aromatic carbocycles. The molecule has 0 amide bonds. The predicted molar refractivity (Wildman–Crippen MR) is 72.3 cm³/mol. The van der Waals surface area contributed by atoms with Crippen molar-refractivity contribution in [2.24, 2.45) is 5.73 Å². The van der Waals surface area contributed by atoms with E-state index in [9.17, 15) is 0 Å². The van der Waals surface area contributed by atoms with Crippen molar-refractivity contribution in [1.29, 1.82) is 0 Å². The van der Waals surface area contributed by atoms with E-state index in [1.54, 1.807) is 25.3 Å². The van der Waals surface area contributed by atoms with Gasteiger partial charge in [-0.1, -0.05) is 12.2 Å². The molecule has 1 aromatic rings. The molecule has 0 aliphatic carbocycles. The molecule has 0 heterocycles. The van der Waals surface area contributed by atoms with Crippen LogP contribution >= 0.6 is 12.2 Å². The zero-order valence-corrected chi connectivity index (χ0v) is 11.0. The van der Waals surface area contributed by atoms with Gasteiger partial charge < -0.3 is 25.1 Å². The van der Waals surface area contributed by atoms with Crippen LogP contribution in [0, 0.1) is 0 Å². The number of ether oxygens (including phenoxy) is 3. The highest BCUT2D eigenvalue weighted by atomic mass is 32.1. The minimum Gasteiger partial charge on any atom is -0.497 e. The Hall–Kier alpha value is -1.37. The van der Waals surface area contributed by atoms with E-state index in [1.807, 2.05) is 0 Å². The third-order valence-electron chi connectivity index (χ3n) is 2.13. The first kappa shape index (κ1) is 14.7. The summed E-state index contributed by atoms with van der Waals surface area (Å²) in [4.78, 5) is 0.287. The van der Waals surface area contributed by atoms with Crippen LogP contribution in [0.3, 0.4) is 0 Å². The maximum Gasteiger partial charge on any atom is 0.123 e. The number of aliphatic hydroxyl groups is 1. The van der Waals surface area contributed by atoms with E-state index >= 15 is 0 Å². The SMILES string of the molecule is COc1cc(OCCOCCO)cc(C(N)=S)c1. The molecule has 0 bridgehead atoms. The predicted octanol–water partition coefficient (Wildman–Crippen LogP) is 0.717. The van der Waals surface area contributed by atoms with Gasteiger partial charge in [0.2, 0.25) is 0 Å². The van der Waals surface area contributed by atoms with Gasteiger partial charge in [0.05, 0.1) is 26.9 Å². The van der Waals surface area contributed by atoms with E-state index in [0.29, 0.717) is 36.9 Å². The van der Waals surface area contributed by atoms with Crippen LogP contribution in [-0.4, -0.2) is 43.6 Å². The zero-order valence-electron chi connectivity index (χ0n) is 10.2. The van der Waals surface area contributed by atoms with Gasteiger partial charge in [-0.3, -0.25) is 0 Å². The van der Waals surface area contributed by atoms with Gasteiger partial charge in [0, 0.05) is 11.6 Å². The fourth-order valence-corrected chi connectivity index (χ4v) is 1.42. The molecule has 0 unspecified atom stereocenters. The van der Waals surface area contributed by atoms with E-state index in [4.69, 9.17) is 37.3 Å². The molecule has 1 rings (SSSR count). The summed E-state index contributed by atoms with van der Waals surface area (Å²) in [6.07, 6.45) is 0. The Kier molecular flexibility index (Phi) is 6.42. The molecule has 3 N–H and O–H groups in total. The monoisotopic (exact) mass is 271 g/mol. The molecule has 6 heteroatoms. The number of rotatable bonds is 8. The number of aliphatic hydroxyl groups excluding tert-OH is 1. The fourth-order valence-electron chi connectivity index (χ4n) is 1.30. The van der Waals surface area contributed by atoms with Crippen molar-refractivity contribution in [2.45, 2.75) is 0 Å². The van der Waals surface area contributed by atoms with Crippen molar-refractivity contribution in [2.75, 3.05) is 33.5 Å². The van der Waals surface area contributed by atoms with Gasteiger partial charge in [-0.2, -0.15) is 0 Å². The van der Waals surface area contributed by atoms with Crippen LogP contribution in [0.5, 0.6) is 11.5 Å². The Morgan fingerprint density at radius 2 is 1.94 bits per heavy atom. The van der Waals surface area contributed by atoms with Crippen molar-refractivity contribution in [1.82, 2.24) is 0 Å². The number of benzene rings is 1. The Balaban J connectivity index is 2.58. The van der Waals surface area contributed by atoms with E-state index in [-0.39, 0.29) is 11.6 Å². The molecule has 0 atom stereocenters. The van der Waals surface area contributed by atoms with Crippen molar-refractivity contribution in [3.05, 3.63) is 23.8 Å². The highest BCUT2D eigenvalue weighted by Gasteiger charge is 2.04. The number of hydrogen-bond donors (Lipinski definition) is 2. The first-order valence-corrected chi connectivity index (χ1v) is 5.88. The second kappa shape index (κ2) is 7.86. The molecule has 0 aromatic heterocycles. The molecule has 0 radical (unpaired) electrons. The lowest BCUT2D eigenvalue weighted by Crippen LogP contribution is -2.11. The van der Waals surface area contributed by atoms with E-state index in [1.165, 1.54) is 0 Å². The smallest absolute Gasteiger partial charge is 0.123 e. The first-order chi connectivity index (χ1) is 8.67. The summed E-state index contributed by atoms with van der Waals surface area (Å²) in [5.41, 5.74) is 6.26. The van der Waals surface area contributed by atoms with Gasteiger partial charge in [0.25, 0.3) is 0 Å². The lowest BCUT2D eigenvalue weighted by atomic mass is 10.2. The van der Waals surface area contributed by atoms with Crippen LogP contribution in [-0.2, 0) is 4.74 Å². The highest BCUT2D eigenvalue weighted by molar-refractivity contribution is 7.80. The summed E-state index contributed by atoms with van der Waals surface area (Å²) < 4.78 is 15.7. The van der Waals surface area contributed by atoms with E-state index in [2.05, 4.69) is 0 Å². The minimum absolute atomic E-state index is 0.00471. The Bertz CT molecular complexity index is 398. The second-order valence-electron chi connectivity index (χ2n) is 3.45. The molecule has 18 heavy (non-hydrogen) atoms. The van der Waals surface area contributed by atoms with Crippen LogP contribution < -0.4 is 15.2 Å². The molecule has 0 aliphatic heterocycles. The normalized spacial score (nSPS) is 10.1. The molecular weight excluding hydrogens is 254 g/mol. The summed E-state index contributed by atoms with van der Waals surface area (Å²) in [6, 6.07) is 5.24. The molecule has 0 aliphatic rings. The van der Waals surface area contributed by atoms with Crippen LogP contribution in [0.4, 0.5) is 0 Å². The second-order valence-corrected chi connectivity index (χ2v) is 3.89. The van der Waals surface area contributed by atoms with Crippen molar-refractivity contribution >= 4 is 17.2 Å². The third kappa shape index (κ3) is 4.87. The van der Waals surface area contributed by atoms with Crippen LogP contribution in [0.15, 0.2) is 18.2 Å². The van der Waals surface area contributed by atoms with Crippen molar-refractivity contribution in [3.63, 3.8) is 0 Å². The number of thiocarbonyl (C=S) groups is 1. The molecule has 0 saturated carbocycles. The zero-order chi connectivity index (χ0) is 13.4. The van der Waals surface area contributed by atoms with Gasteiger partial charge >= 0.3 is 0 Å². The summed E-state index contributed by atoms with van der Waals surface area (Å²) in [6.45, 7) is 1.09. The number of hydrogen-bond acceptors (Lipinski definition) is 5. The molecule has 5 nitrogen and oxygen atoms in total. The maximum absolute atomic E-state index is 8.54. The van der Waals surface area contributed by atoms with Crippen LogP contribution in [0.25, 0.3) is 0 Å². The summed E-state index contributed by atoms with van der Waals surface area (Å²) in [5.74, 6) is 1.25. The molecule has 0 saturated heterocycles. The average molecular weight is 271 g/mol. The van der Waals surface area contributed by atoms with Gasteiger partial charge in [-0.05, 0) is 12.1 Å². The Labute approximate surface area is 111 Å². The lowest BCUT2D eigenvalue weighted by molar-refractivity contribution is 0.0705. The number of nitrogens with two attached hydrogens (primary N) is 1. The maximum atomic E-state index is 8.54. The van der Waals surface area contributed by atoms with Gasteiger partial charge in [-0.15, -0.1) is 0 Å². The van der Waals surface area contributed by atoms with Crippen molar-refractivity contribution < 1.29 is 19.3 Å². The Morgan fingerprint density at radius 3 is 2.56 bits per heavy atom. The highest BCUT2D eigenvalue weighted by Crippen LogP contribution is 2.22. The molecular formula is C12H17NO4S. The summed E-state index contributed by atoms with van der Waals surface area (Å²) in [5, 5.41) is 8.54. The lowest BCUT2D eigenvalue weighted by Gasteiger charge is -2.10. The van der Waals surface area contributed by atoms with Gasteiger partial charge in [-0.25, -0.2) is 0 Å². The molecule has 0 fully saturated rings. The third-order valence-corrected chi connectivity index (χ3v) is 2.37. The van der Waals surface area contributed by atoms with E-state index in [0.717, 1.165) is 0 Å². The minimum atomic E-state index is 0.00471. The van der Waals surface area contributed by atoms with Crippen LogP contribution in [0.1, 0.15) is 5.56 Å².